The van der Waals surface area contributed by atoms with Gasteiger partial charge in [-0.05, 0) is 37.0 Å². The minimum absolute atomic E-state index is 0.255. The molecule has 0 aromatic heterocycles. The molecule has 1 heterocycles. The van der Waals surface area contributed by atoms with Crippen molar-refractivity contribution in [3.8, 4) is 0 Å². The first-order chi connectivity index (χ1) is 9.15. The third-order valence-electron chi connectivity index (χ3n) is 3.66. The van der Waals surface area contributed by atoms with Gasteiger partial charge in [0.15, 0.2) is 0 Å². The molecule has 0 amide bonds. The minimum atomic E-state index is -0.378. The summed E-state index contributed by atoms with van der Waals surface area (Å²) >= 11 is 0. The third-order valence-corrected chi connectivity index (χ3v) is 3.66. The van der Waals surface area contributed by atoms with Gasteiger partial charge in [0.25, 0.3) is 0 Å². The van der Waals surface area contributed by atoms with Gasteiger partial charge in [0.1, 0.15) is 0 Å². The van der Waals surface area contributed by atoms with Gasteiger partial charge in [-0.2, -0.15) is 0 Å². The summed E-state index contributed by atoms with van der Waals surface area (Å²) in [6.45, 7) is 2.02. The van der Waals surface area contributed by atoms with Crippen molar-refractivity contribution in [3.63, 3.8) is 0 Å². The number of piperidine rings is 1. The summed E-state index contributed by atoms with van der Waals surface area (Å²) in [5, 5.41) is 9.13. The molecule has 1 aromatic rings. The highest BCUT2D eigenvalue weighted by atomic mass is 16.5. The fraction of sp³-hybridized carbons (Fsp3) is 0.500. The van der Waals surface area contributed by atoms with Crippen LogP contribution in [0.4, 0.5) is 11.4 Å². The Kier molecular flexibility index (Phi) is 4.27. The number of aliphatic hydroxyl groups is 1. The largest absolute Gasteiger partial charge is 0.465 e. The van der Waals surface area contributed by atoms with E-state index in [4.69, 9.17) is 10.8 Å². The molecule has 0 saturated carbocycles. The van der Waals surface area contributed by atoms with E-state index in [0.29, 0.717) is 17.2 Å². The second-order valence-corrected chi connectivity index (χ2v) is 4.88. The maximum absolute atomic E-state index is 11.4. The molecule has 0 unspecified atom stereocenters. The van der Waals surface area contributed by atoms with Gasteiger partial charge in [0, 0.05) is 19.7 Å². The number of aliphatic hydroxyl groups excluding tert-OH is 1. The fourth-order valence-electron chi connectivity index (χ4n) is 2.44. The summed E-state index contributed by atoms with van der Waals surface area (Å²) in [6.07, 6.45) is 1.93. The first-order valence-corrected chi connectivity index (χ1v) is 6.49. The average Bonchev–Trinajstić information content (AvgIpc) is 2.46. The number of carbonyl (C=O) groups excluding carboxylic acids is 1. The third kappa shape index (κ3) is 2.98. The molecule has 1 saturated heterocycles. The lowest BCUT2D eigenvalue weighted by Gasteiger charge is -2.33. The second-order valence-electron chi connectivity index (χ2n) is 4.88. The van der Waals surface area contributed by atoms with Crippen LogP contribution in [0.1, 0.15) is 23.2 Å². The maximum atomic E-state index is 11.4. The number of benzene rings is 1. The summed E-state index contributed by atoms with van der Waals surface area (Å²) in [6, 6.07) is 5.25. The quantitative estimate of drug-likeness (QED) is 0.635. The zero-order valence-electron chi connectivity index (χ0n) is 11.1. The molecule has 3 N–H and O–H groups in total. The number of nitrogens with two attached hydrogens (primary N) is 1. The Labute approximate surface area is 113 Å². The van der Waals surface area contributed by atoms with Gasteiger partial charge in [-0.15, -0.1) is 0 Å². The summed E-state index contributed by atoms with van der Waals surface area (Å²) in [4.78, 5) is 13.6. The number of anilines is 2. The summed E-state index contributed by atoms with van der Waals surface area (Å²) < 4.78 is 4.67. The molecule has 0 spiro atoms. The molecular weight excluding hydrogens is 244 g/mol. The molecule has 104 valence electrons. The average molecular weight is 264 g/mol. The highest BCUT2D eigenvalue weighted by molar-refractivity contribution is 5.91. The van der Waals surface area contributed by atoms with E-state index < -0.39 is 0 Å². The van der Waals surface area contributed by atoms with Crippen molar-refractivity contribution in [2.24, 2.45) is 5.92 Å². The van der Waals surface area contributed by atoms with Crippen LogP contribution in [-0.4, -0.2) is 37.9 Å². The predicted octanol–water partition coefficient (Wildman–Crippen LogP) is 1.26. The molecular formula is C14H20N2O3. The van der Waals surface area contributed by atoms with E-state index in [1.807, 2.05) is 6.07 Å². The van der Waals surface area contributed by atoms with Crippen molar-refractivity contribution in [1.82, 2.24) is 0 Å². The van der Waals surface area contributed by atoms with Crippen molar-refractivity contribution >= 4 is 17.3 Å². The first-order valence-electron chi connectivity index (χ1n) is 6.49. The van der Waals surface area contributed by atoms with Crippen molar-refractivity contribution in [1.29, 1.82) is 0 Å². The van der Waals surface area contributed by atoms with Crippen LogP contribution in [0, 0.1) is 5.92 Å². The second kappa shape index (κ2) is 5.93. The first kappa shape index (κ1) is 13.7. The normalized spacial score (nSPS) is 16.4. The van der Waals surface area contributed by atoms with Gasteiger partial charge in [0.2, 0.25) is 0 Å². The van der Waals surface area contributed by atoms with E-state index in [-0.39, 0.29) is 12.6 Å². The summed E-state index contributed by atoms with van der Waals surface area (Å²) in [7, 11) is 1.35. The zero-order chi connectivity index (χ0) is 13.8. The molecule has 1 aliphatic rings. The van der Waals surface area contributed by atoms with E-state index in [1.54, 1.807) is 12.1 Å². The Bertz CT molecular complexity index is 454. The van der Waals surface area contributed by atoms with Crippen molar-refractivity contribution < 1.29 is 14.6 Å². The van der Waals surface area contributed by atoms with Crippen LogP contribution in [-0.2, 0) is 4.74 Å². The Morgan fingerprint density at radius 3 is 2.68 bits per heavy atom. The van der Waals surface area contributed by atoms with E-state index in [0.717, 1.165) is 31.6 Å². The number of methoxy groups -OCH3 is 1. The molecule has 19 heavy (non-hydrogen) atoms. The predicted molar refractivity (Wildman–Crippen MR) is 74.2 cm³/mol. The van der Waals surface area contributed by atoms with Gasteiger partial charge >= 0.3 is 5.97 Å². The SMILES string of the molecule is COC(=O)c1ccc(N2CCC(CO)CC2)c(N)c1. The Balaban J connectivity index is 2.11. The van der Waals surface area contributed by atoms with E-state index in [1.165, 1.54) is 7.11 Å². The lowest BCUT2D eigenvalue weighted by molar-refractivity contribution is 0.0601. The van der Waals surface area contributed by atoms with Crippen molar-refractivity contribution in [2.45, 2.75) is 12.8 Å². The summed E-state index contributed by atoms with van der Waals surface area (Å²) in [5.41, 5.74) is 8.02. The molecule has 0 bridgehead atoms. The van der Waals surface area contributed by atoms with Gasteiger partial charge in [0.05, 0.1) is 24.0 Å². The van der Waals surface area contributed by atoms with Gasteiger partial charge in [-0.25, -0.2) is 4.79 Å². The number of rotatable bonds is 3. The number of nitrogens with zero attached hydrogens (tertiary/aromatic N) is 1. The van der Waals surface area contributed by atoms with Crippen LogP contribution in [0.15, 0.2) is 18.2 Å². The molecule has 5 nitrogen and oxygen atoms in total. The molecule has 1 fully saturated rings. The number of ether oxygens (including phenoxy) is 1. The van der Waals surface area contributed by atoms with Crippen LogP contribution in [0.3, 0.4) is 0 Å². The number of hydrogen-bond acceptors (Lipinski definition) is 5. The number of carbonyl (C=O) groups is 1. The fourth-order valence-corrected chi connectivity index (χ4v) is 2.44. The lowest BCUT2D eigenvalue weighted by Crippen LogP contribution is -2.35. The highest BCUT2D eigenvalue weighted by Crippen LogP contribution is 2.28. The Hall–Kier alpha value is -1.75. The zero-order valence-corrected chi connectivity index (χ0v) is 11.1. The maximum Gasteiger partial charge on any atom is 0.337 e. The van der Waals surface area contributed by atoms with E-state index in [2.05, 4.69) is 9.64 Å². The van der Waals surface area contributed by atoms with Crippen LogP contribution in [0.5, 0.6) is 0 Å². The number of hydrogen-bond donors (Lipinski definition) is 2. The lowest BCUT2D eigenvalue weighted by atomic mass is 9.97. The molecule has 0 atom stereocenters. The van der Waals surface area contributed by atoms with E-state index >= 15 is 0 Å². The Morgan fingerprint density at radius 2 is 2.16 bits per heavy atom. The minimum Gasteiger partial charge on any atom is -0.465 e. The van der Waals surface area contributed by atoms with Crippen LogP contribution >= 0.6 is 0 Å². The van der Waals surface area contributed by atoms with Gasteiger partial charge in [-0.3, -0.25) is 0 Å². The standard InChI is InChI=1S/C14H20N2O3/c1-19-14(18)11-2-3-13(12(15)8-11)16-6-4-10(9-17)5-7-16/h2-3,8,10,17H,4-7,9,15H2,1H3. The van der Waals surface area contributed by atoms with E-state index in [9.17, 15) is 4.79 Å². The van der Waals surface area contributed by atoms with Gasteiger partial charge < -0.3 is 20.5 Å². The molecule has 2 rings (SSSR count). The molecule has 1 aliphatic heterocycles. The topological polar surface area (TPSA) is 75.8 Å². The van der Waals surface area contributed by atoms with Gasteiger partial charge in [-0.1, -0.05) is 0 Å². The smallest absolute Gasteiger partial charge is 0.337 e. The number of nitrogen functional groups attached to an aromatic ring is 1. The monoisotopic (exact) mass is 264 g/mol. The molecule has 1 aromatic carbocycles. The highest BCUT2D eigenvalue weighted by Gasteiger charge is 2.20. The molecule has 5 heteroatoms. The van der Waals surface area contributed by atoms with Crippen molar-refractivity contribution in [2.75, 3.05) is 37.4 Å². The van der Waals surface area contributed by atoms with Crippen LogP contribution in [0.2, 0.25) is 0 Å². The van der Waals surface area contributed by atoms with Crippen LogP contribution in [0.25, 0.3) is 0 Å². The Morgan fingerprint density at radius 1 is 1.47 bits per heavy atom. The van der Waals surface area contributed by atoms with Crippen molar-refractivity contribution in [3.05, 3.63) is 23.8 Å². The number of esters is 1. The molecule has 0 aliphatic carbocycles. The molecule has 0 radical (unpaired) electrons. The van der Waals surface area contributed by atoms with Crippen LogP contribution < -0.4 is 10.6 Å². The summed E-state index contributed by atoms with van der Waals surface area (Å²) in [5.74, 6) is 0.0176.